The molecule has 0 unspecified atom stereocenters. The van der Waals surface area contributed by atoms with Crippen molar-refractivity contribution >= 4 is 7.41 Å². The van der Waals surface area contributed by atoms with E-state index in [0.29, 0.717) is 6.16 Å². The van der Waals surface area contributed by atoms with E-state index in [4.69, 9.17) is 10.5 Å². The van der Waals surface area contributed by atoms with Crippen molar-refractivity contribution in [2.24, 2.45) is 0 Å². The summed E-state index contributed by atoms with van der Waals surface area (Å²) < 4.78 is 2.02. The van der Waals surface area contributed by atoms with Crippen molar-refractivity contribution in [1.82, 2.24) is 4.67 Å². The molecule has 12 heavy (non-hydrogen) atoms. The minimum atomic E-state index is -2.40. The molecule has 3 nitrogen and oxygen atoms in total. The normalized spacial score (nSPS) is 12.2. The zero-order valence-corrected chi connectivity index (χ0v) is 8.96. The summed E-state index contributed by atoms with van der Waals surface area (Å²) in [6, 6.07) is 0. The number of nitriles is 2. The zero-order valence-electron chi connectivity index (χ0n) is 7.96. The van der Waals surface area contributed by atoms with Crippen molar-refractivity contribution < 1.29 is 0 Å². The van der Waals surface area contributed by atoms with Crippen molar-refractivity contribution in [1.29, 1.82) is 10.5 Å². The molecule has 0 amide bonds. The Morgan fingerprint density at radius 2 is 1.50 bits per heavy atom. The molecule has 0 spiro atoms. The van der Waals surface area contributed by atoms with E-state index in [1.54, 1.807) is 0 Å². The first-order valence-corrected chi connectivity index (χ1v) is 6.43. The molecule has 0 rings (SSSR count). The first-order chi connectivity index (χ1) is 5.70. The molecule has 0 atom stereocenters. The van der Waals surface area contributed by atoms with Crippen LogP contribution < -0.4 is 0 Å². The second kappa shape index (κ2) is 5.09. The molecule has 0 aliphatic heterocycles. The van der Waals surface area contributed by atoms with E-state index in [2.05, 4.69) is 11.6 Å². The summed E-state index contributed by atoms with van der Waals surface area (Å²) in [5.41, 5.74) is 0. The van der Waals surface area contributed by atoms with E-state index in [0.717, 1.165) is 13.1 Å². The summed E-state index contributed by atoms with van der Waals surface area (Å²) in [5.74, 6) is 4.44. The van der Waals surface area contributed by atoms with Crippen LogP contribution in [0, 0.1) is 22.1 Å². The van der Waals surface area contributed by atoms with Crippen molar-refractivity contribution in [3.63, 3.8) is 0 Å². The molecule has 0 bridgehead atoms. The maximum atomic E-state index is 8.96. The van der Waals surface area contributed by atoms with Gasteiger partial charge in [0.05, 0.1) is 0 Å². The summed E-state index contributed by atoms with van der Waals surface area (Å²) in [4.78, 5) is 0. The average Bonchev–Trinajstić information content (AvgIpc) is 2.14. The Morgan fingerprint density at radius 3 is 1.58 bits per heavy atom. The molecule has 0 aliphatic rings. The molecule has 0 N–H and O–H groups in total. The van der Waals surface area contributed by atoms with Gasteiger partial charge in [-0.05, 0) is 0 Å². The van der Waals surface area contributed by atoms with Crippen molar-refractivity contribution in [2.45, 2.75) is 20.8 Å². The Morgan fingerprint density at radius 1 is 1.08 bits per heavy atom. The van der Waals surface area contributed by atoms with Gasteiger partial charge in [0.1, 0.15) is 0 Å². The van der Waals surface area contributed by atoms with Crippen LogP contribution in [0.4, 0.5) is 0 Å². The Labute approximate surface area is 75.0 Å². The van der Waals surface area contributed by atoms with Crippen LogP contribution >= 0.6 is 7.41 Å². The molecule has 68 valence electrons. The summed E-state index contributed by atoms with van der Waals surface area (Å²) in [7, 11) is -2.40. The molecule has 0 aromatic carbocycles. The Kier molecular flexibility index (Phi) is 4.83. The van der Waals surface area contributed by atoms with Crippen LogP contribution in [-0.4, -0.2) is 23.9 Å². The van der Waals surface area contributed by atoms with Crippen LogP contribution in [0.15, 0.2) is 0 Å². The standard InChI is InChI=1S/C8H16N3P/c1-4-11(5-2)12(6-3,7-9)8-10/h12H,4-6H2,1-3H3. The summed E-state index contributed by atoms with van der Waals surface area (Å²) in [5, 5.41) is 17.9. The van der Waals surface area contributed by atoms with E-state index < -0.39 is 7.41 Å². The molecule has 0 heterocycles. The number of nitrogens with zero attached hydrogens (tertiary/aromatic N) is 3. The zero-order chi connectivity index (χ0) is 9.61. The third-order valence-corrected chi connectivity index (χ3v) is 5.66. The fraction of sp³-hybridized carbons (Fsp3) is 0.750. The van der Waals surface area contributed by atoms with Gasteiger partial charge in [-0.1, -0.05) is 0 Å². The first kappa shape index (κ1) is 11.4. The van der Waals surface area contributed by atoms with Crippen LogP contribution in [0.25, 0.3) is 0 Å². The molecule has 0 saturated carbocycles. The average molecular weight is 185 g/mol. The van der Waals surface area contributed by atoms with Gasteiger partial charge in [-0.2, -0.15) is 0 Å². The monoisotopic (exact) mass is 185 g/mol. The van der Waals surface area contributed by atoms with Gasteiger partial charge in [-0.3, -0.25) is 0 Å². The Balaban J connectivity index is 4.73. The van der Waals surface area contributed by atoms with E-state index in [1.807, 2.05) is 25.4 Å². The molecule has 0 aromatic heterocycles. The second-order valence-electron chi connectivity index (χ2n) is 2.61. The molecule has 0 aromatic rings. The molecular weight excluding hydrogens is 169 g/mol. The predicted molar refractivity (Wildman–Crippen MR) is 53.0 cm³/mol. The topological polar surface area (TPSA) is 50.8 Å². The number of hydrogen-bond donors (Lipinski definition) is 0. The Hall–Kier alpha value is -0.630. The molecule has 0 aliphatic carbocycles. The molecule has 0 saturated heterocycles. The Bertz CT molecular complexity index is 195. The van der Waals surface area contributed by atoms with Crippen LogP contribution in [0.5, 0.6) is 0 Å². The molecule has 4 heteroatoms. The van der Waals surface area contributed by atoms with Crippen LogP contribution in [0.2, 0.25) is 0 Å². The maximum absolute atomic E-state index is 8.96. The van der Waals surface area contributed by atoms with Gasteiger partial charge in [0, 0.05) is 0 Å². The summed E-state index contributed by atoms with van der Waals surface area (Å²) >= 11 is 0. The van der Waals surface area contributed by atoms with Gasteiger partial charge in [-0.25, -0.2) is 0 Å². The van der Waals surface area contributed by atoms with Crippen molar-refractivity contribution in [3.8, 4) is 11.6 Å². The van der Waals surface area contributed by atoms with E-state index >= 15 is 0 Å². The predicted octanol–water partition coefficient (Wildman–Crippen LogP) is 1.98. The van der Waals surface area contributed by atoms with Gasteiger partial charge in [0.25, 0.3) is 0 Å². The SMILES string of the molecule is CCN(CC)[PH](C#N)(C#N)CC. The van der Waals surface area contributed by atoms with Gasteiger partial charge >= 0.3 is 74.3 Å². The fourth-order valence-corrected chi connectivity index (χ4v) is 3.49. The van der Waals surface area contributed by atoms with Crippen LogP contribution in [0.3, 0.4) is 0 Å². The van der Waals surface area contributed by atoms with Gasteiger partial charge in [0.2, 0.25) is 0 Å². The summed E-state index contributed by atoms with van der Waals surface area (Å²) in [6.07, 6.45) is 0.696. The van der Waals surface area contributed by atoms with E-state index in [1.165, 1.54) is 0 Å². The fourth-order valence-electron chi connectivity index (χ4n) is 1.31. The molecule has 0 fully saturated rings. The van der Waals surface area contributed by atoms with Gasteiger partial charge in [0.15, 0.2) is 0 Å². The van der Waals surface area contributed by atoms with E-state index in [9.17, 15) is 0 Å². The quantitative estimate of drug-likeness (QED) is 0.629. The number of rotatable bonds is 4. The van der Waals surface area contributed by atoms with Crippen molar-refractivity contribution in [2.75, 3.05) is 19.3 Å². The molecule has 0 radical (unpaired) electrons. The van der Waals surface area contributed by atoms with Crippen LogP contribution in [0.1, 0.15) is 20.8 Å². The van der Waals surface area contributed by atoms with Crippen molar-refractivity contribution in [3.05, 3.63) is 0 Å². The third-order valence-electron chi connectivity index (χ3n) is 2.18. The summed E-state index contributed by atoms with van der Waals surface area (Å²) in [6.45, 7) is 7.53. The third kappa shape index (κ3) is 1.95. The van der Waals surface area contributed by atoms with Gasteiger partial charge in [-0.15, -0.1) is 0 Å². The van der Waals surface area contributed by atoms with Crippen LogP contribution in [-0.2, 0) is 0 Å². The number of hydrogen-bond acceptors (Lipinski definition) is 3. The second-order valence-corrected chi connectivity index (χ2v) is 6.12. The molecular formula is C8H16N3P. The van der Waals surface area contributed by atoms with E-state index in [-0.39, 0.29) is 0 Å². The van der Waals surface area contributed by atoms with Gasteiger partial charge < -0.3 is 0 Å². The first-order valence-electron chi connectivity index (χ1n) is 4.28. The minimum absolute atomic E-state index is 0.696.